The maximum atomic E-state index is 13.0. The number of nitrogens with zero attached hydrogens (tertiary/aromatic N) is 4. The fraction of sp³-hybridized carbons (Fsp3) is 0.278. The Hall–Kier alpha value is -3.09. The number of amides is 1. The number of benzene rings is 1. The standard InChI is InChI=1S/C18H20N4O3/c1-11-14(15-16(25-11)19-10-21(4)17(15)23)18(24)22(5)13-8-6-12(7-9-13)20(2)3/h6-10H,1-5H3. The van der Waals surface area contributed by atoms with Crippen LogP contribution in [-0.4, -0.2) is 36.6 Å². The molecule has 130 valence electrons. The summed E-state index contributed by atoms with van der Waals surface area (Å²) in [5, 5.41) is 0.212. The molecule has 0 aliphatic heterocycles. The normalized spacial score (nSPS) is 10.9. The molecule has 25 heavy (non-hydrogen) atoms. The maximum Gasteiger partial charge on any atom is 0.265 e. The molecule has 7 heteroatoms. The summed E-state index contributed by atoms with van der Waals surface area (Å²) in [6, 6.07) is 7.59. The quantitative estimate of drug-likeness (QED) is 0.731. The van der Waals surface area contributed by atoms with Gasteiger partial charge in [0.2, 0.25) is 5.71 Å². The Morgan fingerprint density at radius 2 is 1.72 bits per heavy atom. The Bertz CT molecular complexity index is 1000. The molecule has 7 nitrogen and oxygen atoms in total. The molecular formula is C18H20N4O3. The smallest absolute Gasteiger partial charge is 0.265 e. The Balaban J connectivity index is 2.06. The largest absolute Gasteiger partial charge is 0.442 e. The highest BCUT2D eigenvalue weighted by atomic mass is 16.3. The van der Waals surface area contributed by atoms with Gasteiger partial charge in [0.1, 0.15) is 17.5 Å². The van der Waals surface area contributed by atoms with Crippen LogP contribution in [0.4, 0.5) is 11.4 Å². The van der Waals surface area contributed by atoms with Crippen LogP contribution < -0.4 is 15.4 Å². The van der Waals surface area contributed by atoms with Gasteiger partial charge in [0.25, 0.3) is 11.5 Å². The zero-order valence-corrected chi connectivity index (χ0v) is 14.9. The minimum Gasteiger partial charge on any atom is -0.442 e. The summed E-state index contributed by atoms with van der Waals surface area (Å²) in [6.07, 6.45) is 1.38. The lowest BCUT2D eigenvalue weighted by molar-refractivity contribution is 0.0993. The van der Waals surface area contributed by atoms with Crippen molar-refractivity contribution in [3.63, 3.8) is 0 Å². The predicted octanol–water partition coefficient (Wildman–Crippen LogP) is 2.18. The average Bonchev–Trinajstić information content (AvgIpc) is 2.93. The number of furan rings is 1. The van der Waals surface area contributed by atoms with Crippen molar-refractivity contribution < 1.29 is 9.21 Å². The Morgan fingerprint density at radius 3 is 2.32 bits per heavy atom. The number of fused-ring (bicyclic) bond motifs is 1. The number of carbonyl (C=O) groups excluding carboxylic acids is 1. The molecule has 1 amide bonds. The minimum absolute atomic E-state index is 0.181. The van der Waals surface area contributed by atoms with Crippen molar-refractivity contribution in [2.24, 2.45) is 7.05 Å². The van der Waals surface area contributed by atoms with E-state index in [9.17, 15) is 9.59 Å². The third-order valence-corrected chi connectivity index (χ3v) is 4.22. The van der Waals surface area contributed by atoms with E-state index in [2.05, 4.69) is 4.98 Å². The van der Waals surface area contributed by atoms with Gasteiger partial charge in [-0.25, -0.2) is 4.98 Å². The van der Waals surface area contributed by atoms with Gasteiger partial charge in [-0.15, -0.1) is 0 Å². The number of aryl methyl sites for hydroxylation is 2. The molecule has 0 unspecified atom stereocenters. The number of anilines is 2. The fourth-order valence-electron chi connectivity index (χ4n) is 2.70. The summed E-state index contributed by atoms with van der Waals surface area (Å²) in [6.45, 7) is 1.66. The number of hydrogen-bond donors (Lipinski definition) is 0. The summed E-state index contributed by atoms with van der Waals surface area (Å²) in [5.41, 5.74) is 1.89. The third kappa shape index (κ3) is 2.77. The van der Waals surface area contributed by atoms with E-state index in [4.69, 9.17) is 4.42 Å². The van der Waals surface area contributed by atoms with Crippen LogP contribution in [-0.2, 0) is 7.05 Å². The first-order chi connectivity index (χ1) is 11.8. The van der Waals surface area contributed by atoms with Crippen molar-refractivity contribution in [3.05, 3.63) is 52.3 Å². The van der Waals surface area contributed by atoms with Gasteiger partial charge in [0.15, 0.2) is 0 Å². The van der Waals surface area contributed by atoms with E-state index in [0.717, 1.165) is 11.4 Å². The van der Waals surface area contributed by atoms with E-state index in [1.54, 1.807) is 21.0 Å². The zero-order valence-electron chi connectivity index (χ0n) is 14.9. The van der Waals surface area contributed by atoms with Gasteiger partial charge in [0, 0.05) is 39.6 Å². The molecule has 0 spiro atoms. The van der Waals surface area contributed by atoms with Crippen LogP contribution in [0, 0.1) is 6.92 Å². The first-order valence-electron chi connectivity index (χ1n) is 7.81. The maximum absolute atomic E-state index is 13.0. The van der Waals surface area contributed by atoms with E-state index in [0.29, 0.717) is 5.76 Å². The first kappa shape index (κ1) is 16.8. The van der Waals surface area contributed by atoms with Crippen LogP contribution in [0.3, 0.4) is 0 Å². The van der Waals surface area contributed by atoms with Gasteiger partial charge >= 0.3 is 0 Å². The molecule has 0 radical (unpaired) electrons. The molecule has 2 aromatic heterocycles. The predicted molar refractivity (Wildman–Crippen MR) is 97.5 cm³/mol. The van der Waals surface area contributed by atoms with E-state index in [-0.39, 0.29) is 28.1 Å². The lowest BCUT2D eigenvalue weighted by Crippen LogP contribution is -2.28. The first-order valence-corrected chi connectivity index (χ1v) is 7.81. The van der Waals surface area contributed by atoms with Crippen LogP contribution in [0.25, 0.3) is 11.1 Å². The van der Waals surface area contributed by atoms with Gasteiger partial charge in [-0.3, -0.25) is 9.59 Å². The van der Waals surface area contributed by atoms with Gasteiger partial charge in [-0.05, 0) is 31.2 Å². The second-order valence-corrected chi connectivity index (χ2v) is 6.15. The molecule has 0 aliphatic rings. The second-order valence-electron chi connectivity index (χ2n) is 6.15. The number of aromatic nitrogens is 2. The van der Waals surface area contributed by atoms with Crippen LogP contribution in [0.2, 0.25) is 0 Å². The second kappa shape index (κ2) is 6.08. The molecule has 2 heterocycles. The lowest BCUT2D eigenvalue weighted by atomic mass is 10.1. The topological polar surface area (TPSA) is 71.6 Å². The van der Waals surface area contributed by atoms with Crippen molar-refractivity contribution in [3.8, 4) is 0 Å². The van der Waals surface area contributed by atoms with E-state index in [1.807, 2.05) is 43.3 Å². The van der Waals surface area contributed by atoms with E-state index >= 15 is 0 Å². The molecule has 3 rings (SSSR count). The van der Waals surface area contributed by atoms with Crippen molar-refractivity contribution >= 4 is 28.4 Å². The molecule has 0 N–H and O–H groups in total. The van der Waals surface area contributed by atoms with Crippen LogP contribution in [0.15, 0.2) is 39.8 Å². The summed E-state index contributed by atoms with van der Waals surface area (Å²) in [4.78, 5) is 33.0. The summed E-state index contributed by atoms with van der Waals surface area (Å²) < 4.78 is 6.85. The number of hydrogen-bond acceptors (Lipinski definition) is 5. The zero-order chi connectivity index (χ0) is 18.3. The SMILES string of the molecule is Cc1oc2ncn(C)c(=O)c2c1C(=O)N(C)c1ccc(N(C)C)cc1. The van der Waals surface area contributed by atoms with Gasteiger partial charge in [-0.1, -0.05) is 0 Å². The van der Waals surface area contributed by atoms with E-state index < -0.39 is 0 Å². The van der Waals surface area contributed by atoms with Crippen molar-refractivity contribution in [1.29, 1.82) is 0 Å². The molecule has 0 aliphatic carbocycles. The Kier molecular flexibility index (Phi) is 4.08. The average molecular weight is 340 g/mol. The molecule has 3 aromatic rings. The van der Waals surface area contributed by atoms with Crippen LogP contribution in [0.1, 0.15) is 16.1 Å². The minimum atomic E-state index is -0.307. The molecule has 0 bridgehead atoms. The Morgan fingerprint density at radius 1 is 1.12 bits per heavy atom. The summed E-state index contributed by atoms with van der Waals surface area (Å²) in [5.74, 6) is 0.0755. The highest BCUT2D eigenvalue weighted by Gasteiger charge is 2.25. The highest BCUT2D eigenvalue weighted by molar-refractivity contribution is 6.13. The van der Waals surface area contributed by atoms with Crippen molar-refractivity contribution in [1.82, 2.24) is 9.55 Å². The summed E-state index contributed by atoms with van der Waals surface area (Å²) in [7, 11) is 7.17. The molecular weight excluding hydrogens is 320 g/mol. The fourth-order valence-corrected chi connectivity index (χ4v) is 2.70. The molecule has 0 saturated heterocycles. The van der Waals surface area contributed by atoms with Crippen molar-refractivity contribution in [2.45, 2.75) is 6.92 Å². The van der Waals surface area contributed by atoms with Gasteiger partial charge in [-0.2, -0.15) is 0 Å². The van der Waals surface area contributed by atoms with Gasteiger partial charge < -0.3 is 18.8 Å². The molecule has 0 saturated carbocycles. The number of carbonyl (C=O) groups is 1. The third-order valence-electron chi connectivity index (χ3n) is 4.22. The van der Waals surface area contributed by atoms with Crippen molar-refractivity contribution in [2.75, 3.05) is 30.9 Å². The lowest BCUT2D eigenvalue weighted by Gasteiger charge is -2.19. The van der Waals surface area contributed by atoms with Gasteiger partial charge in [0.05, 0.1) is 5.56 Å². The van der Waals surface area contributed by atoms with E-state index in [1.165, 1.54) is 15.8 Å². The summed E-state index contributed by atoms with van der Waals surface area (Å²) >= 11 is 0. The molecule has 1 aromatic carbocycles. The Labute approximate surface area is 145 Å². The molecule has 0 atom stereocenters. The van der Waals surface area contributed by atoms with Crippen LogP contribution >= 0.6 is 0 Å². The number of rotatable bonds is 3. The molecule has 0 fully saturated rings. The highest BCUT2D eigenvalue weighted by Crippen LogP contribution is 2.25. The van der Waals surface area contributed by atoms with Crippen LogP contribution in [0.5, 0.6) is 0 Å². The monoisotopic (exact) mass is 340 g/mol.